The van der Waals surface area contributed by atoms with E-state index in [2.05, 4.69) is 10.6 Å². The molecule has 0 radical (unpaired) electrons. The van der Waals surface area contributed by atoms with Crippen LogP contribution in [0.15, 0.2) is 72.8 Å². The lowest BCUT2D eigenvalue weighted by molar-refractivity contribution is -0.116. The van der Waals surface area contributed by atoms with E-state index in [4.69, 9.17) is 0 Å². The molecule has 0 aromatic heterocycles. The molecule has 0 fully saturated rings. The van der Waals surface area contributed by atoms with Gasteiger partial charge in [0.05, 0.1) is 11.3 Å². The fourth-order valence-electron chi connectivity index (χ4n) is 4.49. The highest BCUT2D eigenvalue weighted by atomic mass is 16.2. The molecule has 8 heteroatoms. The van der Waals surface area contributed by atoms with Crippen molar-refractivity contribution in [2.45, 2.75) is 12.6 Å². The lowest BCUT2D eigenvalue weighted by Gasteiger charge is -2.40. The maximum absolute atomic E-state index is 13.4. The Hall–Kier alpha value is -4.46. The molecule has 8 nitrogen and oxygen atoms in total. The number of fused-ring (bicyclic) bond motifs is 5. The van der Waals surface area contributed by atoms with Crippen molar-refractivity contribution in [2.24, 2.45) is 0 Å². The van der Waals surface area contributed by atoms with Crippen molar-refractivity contribution in [3.8, 4) is 0 Å². The number of para-hydroxylation sites is 1. The third kappa shape index (κ3) is 3.49. The molecule has 0 saturated heterocycles. The van der Waals surface area contributed by atoms with E-state index in [1.165, 1.54) is 0 Å². The minimum Gasteiger partial charge on any atom is -0.355 e. The normalized spacial score (nSPS) is 16.0. The molecule has 1 atom stereocenters. The Balaban J connectivity index is 1.37. The van der Waals surface area contributed by atoms with Gasteiger partial charge in [-0.1, -0.05) is 30.3 Å². The number of anilines is 2. The summed E-state index contributed by atoms with van der Waals surface area (Å²) in [4.78, 5) is 54.2. The summed E-state index contributed by atoms with van der Waals surface area (Å²) in [5.41, 5.74) is 3.36. The number of nitrogens with zero attached hydrogens (tertiary/aromatic N) is 2. The van der Waals surface area contributed by atoms with Crippen molar-refractivity contribution < 1.29 is 19.2 Å². The summed E-state index contributed by atoms with van der Waals surface area (Å²) in [6, 6.07) is 20.8. The van der Waals surface area contributed by atoms with Crippen molar-refractivity contribution in [3.05, 3.63) is 95.1 Å². The molecule has 0 spiro atoms. The monoisotopic (exact) mass is 454 g/mol. The van der Waals surface area contributed by atoms with Crippen molar-refractivity contribution in [2.75, 3.05) is 23.8 Å². The number of carbonyl (C=O) groups is 4. The number of rotatable bonds is 5. The molecule has 2 aliphatic heterocycles. The fourth-order valence-corrected chi connectivity index (χ4v) is 4.49. The molecule has 3 aromatic rings. The van der Waals surface area contributed by atoms with Crippen molar-refractivity contribution in [3.63, 3.8) is 0 Å². The second kappa shape index (κ2) is 8.47. The summed E-state index contributed by atoms with van der Waals surface area (Å²) >= 11 is 0. The quantitative estimate of drug-likeness (QED) is 0.619. The van der Waals surface area contributed by atoms with Crippen LogP contribution in [0.25, 0.3) is 0 Å². The molecule has 5 rings (SSSR count). The molecule has 3 aromatic carbocycles. The van der Waals surface area contributed by atoms with E-state index < -0.39 is 6.17 Å². The van der Waals surface area contributed by atoms with Crippen LogP contribution in [0.4, 0.5) is 11.4 Å². The number of carbonyl (C=O) groups excluding carboxylic acids is 4. The van der Waals surface area contributed by atoms with Gasteiger partial charge in [0.1, 0.15) is 6.17 Å². The van der Waals surface area contributed by atoms with Crippen LogP contribution < -0.4 is 15.5 Å². The van der Waals surface area contributed by atoms with Gasteiger partial charge in [-0.3, -0.25) is 24.1 Å². The first-order valence-corrected chi connectivity index (χ1v) is 10.9. The second-order valence-corrected chi connectivity index (χ2v) is 8.11. The molecule has 2 aliphatic rings. The van der Waals surface area contributed by atoms with Crippen LogP contribution in [-0.2, 0) is 4.79 Å². The van der Waals surface area contributed by atoms with Gasteiger partial charge in [0.15, 0.2) is 0 Å². The largest absolute Gasteiger partial charge is 0.355 e. The Morgan fingerprint density at radius 1 is 0.853 bits per heavy atom. The van der Waals surface area contributed by atoms with Crippen LogP contribution in [0, 0.1) is 0 Å². The lowest BCUT2D eigenvalue weighted by atomic mass is 10.0. The van der Waals surface area contributed by atoms with E-state index in [0.29, 0.717) is 28.1 Å². The maximum atomic E-state index is 13.4. The van der Waals surface area contributed by atoms with E-state index in [1.54, 1.807) is 77.5 Å². The zero-order chi connectivity index (χ0) is 23.8. The van der Waals surface area contributed by atoms with Crippen LogP contribution in [0.2, 0.25) is 0 Å². The minimum atomic E-state index is -0.592. The molecular formula is C26H22N4O4. The van der Waals surface area contributed by atoms with Crippen LogP contribution in [0.3, 0.4) is 0 Å². The molecule has 0 aliphatic carbocycles. The first-order chi connectivity index (χ1) is 16.5. The summed E-state index contributed by atoms with van der Waals surface area (Å²) in [6.07, 6.45) is -0.544. The molecule has 1 unspecified atom stereocenters. The number of amides is 4. The standard InChI is InChI=1S/C26H22N4O4/c1-27-23(32)16-10-12-17(13-11-16)28-22(31)14-15-29-24-18-6-2-3-7-19(18)26(34)30(24)21-9-5-4-8-20(21)25(29)33/h2-13,24H,14-15H2,1H3,(H,27,32)(H,28,31). The maximum Gasteiger partial charge on any atom is 0.260 e. The highest BCUT2D eigenvalue weighted by molar-refractivity contribution is 6.16. The summed E-state index contributed by atoms with van der Waals surface area (Å²) in [6.45, 7) is 0.137. The predicted molar refractivity (Wildman–Crippen MR) is 127 cm³/mol. The molecule has 2 heterocycles. The Bertz CT molecular complexity index is 1320. The molecule has 0 saturated carbocycles. The number of hydrogen-bond acceptors (Lipinski definition) is 4. The molecular weight excluding hydrogens is 432 g/mol. The van der Waals surface area contributed by atoms with E-state index >= 15 is 0 Å². The van der Waals surface area contributed by atoms with Gasteiger partial charge in [0, 0.05) is 42.4 Å². The van der Waals surface area contributed by atoms with Crippen molar-refractivity contribution in [1.82, 2.24) is 10.2 Å². The van der Waals surface area contributed by atoms with Gasteiger partial charge in [-0.25, -0.2) is 0 Å². The first-order valence-electron chi connectivity index (χ1n) is 10.9. The minimum absolute atomic E-state index is 0.0474. The SMILES string of the molecule is CNC(=O)c1ccc(NC(=O)CCN2C(=O)c3ccccc3N3C(=O)c4ccccc4C23)cc1. The molecule has 0 bridgehead atoms. The zero-order valence-corrected chi connectivity index (χ0v) is 18.4. The van der Waals surface area contributed by atoms with E-state index in [1.807, 2.05) is 12.1 Å². The van der Waals surface area contributed by atoms with Gasteiger partial charge in [-0.05, 0) is 42.5 Å². The van der Waals surface area contributed by atoms with Crippen molar-refractivity contribution >= 4 is 35.0 Å². The van der Waals surface area contributed by atoms with Gasteiger partial charge in [-0.2, -0.15) is 0 Å². The van der Waals surface area contributed by atoms with Gasteiger partial charge in [-0.15, -0.1) is 0 Å². The lowest BCUT2D eigenvalue weighted by Crippen LogP contribution is -2.48. The van der Waals surface area contributed by atoms with Gasteiger partial charge < -0.3 is 15.5 Å². The predicted octanol–water partition coefficient (Wildman–Crippen LogP) is 3.19. The van der Waals surface area contributed by atoms with Crippen LogP contribution in [0.5, 0.6) is 0 Å². The summed E-state index contributed by atoms with van der Waals surface area (Å²) in [5.74, 6) is -0.864. The van der Waals surface area contributed by atoms with Crippen LogP contribution in [-0.4, -0.2) is 42.1 Å². The molecule has 34 heavy (non-hydrogen) atoms. The van der Waals surface area contributed by atoms with Crippen LogP contribution in [0.1, 0.15) is 49.2 Å². The highest BCUT2D eigenvalue weighted by Gasteiger charge is 2.47. The fraction of sp³-hybridized carbons (Fsp3) is 0.154. The smallest absolute Gasteiger partial charge is 0.260 e. The zero-order valence-electron chi connectivity index (χ0n) is 18.4. The Morgan fingerprint density at radius 2 is 1.53 bits per heavy atom. The van der Waals surface area contributed by atoms with E-state index in [-0.39, 0.29) is 36.6 Å². The van der Waals surface area contributed by atoms with E-state index in [9.17, 15) is 19.2 Å². The molecule has 4 amide bonds. The van der Waals surface area contributed by atoms with E-state index in [0.717, 1.165) is 5.56 Å². The Kier molecular flexibility index (Phi) is 5.33. The first kappa shape index (κ1) is 21.4. The van der Waals surface area contributed by atoms with Crippen LogP contribution >= 0.6 is 0 Å². The second-order valence-electron chi connectivity index (χ2n) is 8.11. The molecule has 2 N–H and O–H groups in total. The summed E-state index contributed by atoms with van der Waals surface area (Å²) in [7, 11) is 1.55. The number of benzene rings is 3. The highest BCUT2D eigenvalue weighted by Crippen LogP contribution is 2.45. The summed E-state index contributed by atoms with van der Waals surface area (Å²) < 4.78 is 0. The van der Waals surface area contributed by atoms with Gasteiger partial charge in [0.25, 0.3) is 17.7 Å². The Labute approximate surface area is 196 Å². The molecule has 170 valence electrons. The topological polar surface area (TPSA) is 98.8 Å². The average Bonchev–Trinajstić information content (AvgIpc) is 3.16. The number of nitrogens with one attached hydrogen (secondary N) is 2. The van der Waals surface area contributed by atoms with Crippen molar-refractivity contribution in [1.29, 1.82) is 0 Å². The number of hydrogen-bond donors (Lipinski definition) is 2. The third-order valence-electron chi connectivity index (χ3n) is 6.12. The average molecular weight is 454 g/mol. The van der Waals surface area contributed by atoms with Gasteiger partial charge in [0.2, 0.25) is 5.91 Å². The van der Waals surface area contributed by atoms with Gasteiger partial charge >= 0.3 is 0 Å². The third-order valence-corrected chi connectivity index (χ3v) is 6.12. The Morgan fingerprint density at radius 3 is 2.26 bits per heavy atom. The summed E-state index contributed by atoms with van der Waals surface area (Å²) in [5, 5.41) is 5.34.